The number of amides is 2. The van der Waals surface area contributed by atoms with Crippen LogP contribution in [0.2, 0.25) is 0 Å². The van der Waals surface area contributed by atoms with E-state index in [9.17, 15) is 9.59 Å². The second-order valence-electron chi connectivity index (χ2n) is 5.14. The molecule has 2 atom stereocenters. The molecule has 0 spiro atoms. The highest BCUT2D eigenvalue weighted by Crippen LogP contribution is 2.31. The Morgan fingerprint density at radius 1 is 1.40 bits per heavy atom. The molecule has 2 aliphatic heterocycles. The van der Waals surface area contributed by atoms with Crippen LogP contribution in [0.3, 0.4) is 0 Å². The van der Waals surface area contributed by atoms with Crippen molar-refractivity contribution >= 4 is 17.5 Å². The van der Waals surface area contributed by atoms with Gasteiger partial charge in [0.05, 0.1) is 6.04 Å². The van der Waals surface area contributed by atoms with Gasteiger partial charge in [-0.2, -0.15) is 0 Å². The number of hydrogen-bond donors (Lipinski definition) is 2. The van der Waals surface area contributed by atoms with Crippen molar-refractivity contribution in [2.24, 2.45) is 0 Å². The van der Waals surface area contributed by atoms with Gasteiger partial charge in [0.25, 0.3) is 5.91 Å². The molecule has 0 bridgehead atoms. The average molecular weight is 275 g/mol. The van der Waals surface area contributed by atoms with Gasteiger partial charge in [0.2, 0.25) is 5.91 Å². The van der Waals surface area contributed by atoms with E-state index in [4.69, 9.17) is 10.5 Å². The molecule has 1 aromatic rings. The summed E-state index contributed by atoms with van der Waals surface area (Å²) in [5.41, 5.74) is 8.08. The number of piperidine rings is 1. The van der Waals surface area contributed by atoms with E-state index < -0.39 is 6.23 Å². The lowest BCUT2D eigenvalue weighted by Gasteiger charge is -2.37. The maximum absolute atomic E-state index is 12.5. The summed E-state index contributed by atoms with van der Waals surface area (Å²) in [4.78, 5) is 25.7. The van der Waals surface area contributed by atoms with Crippen molar-refractivity contribution in [2.45, 2.75) is 31.7 Å². The summed E-state index contributed by atoms with van der Waals surface area (Å²) < 4.78 is 5.31. The minimum absolute atomic E-state index is 0.0447. The number of carbonyl (C=O) groups excluding carboxylic acids is 2. The number of nitrogens with two attached hydrogens (primary N) is 1. The smallest absolute Gasteiger partial charge is 0.254 e. The Bertz CT molecular complexity index is 573. The lowest BCUT2D eigenvalue weighted by Crippen LogP contribution is -2.56. The zero-order valence-corrected chi connectivity index (χ0v) is 11.3. The Morgan fingerprint density at radius 2 is 2.20 bits per heavy atom. The molecule has 1 aromatic carbocycles. The molecule has 6 nitrogen and oxygen atoms in total. The summed E-state index contributed by atoms with van der Waals surface area (Å²) >= 11 is 0. The third-order valence-corrected chi connectivity index (χ3v) is 4.01. The van der Waals surface area contributed by atoms with E-state index in [1.807, 2.05) is 0 Å². The molecule has 20 heavy (non-hydrogen) atoms. The Hall–Kier alpha value is -2.08. The summed E-state index contributed by atoms with van der Waals surface area (Å²) in [6.45, 7) is 0.473. The van der Waals surface area contributed by atoms with E-state index in [2.05, 4.69) is 5.32 Å². The second kappa shape index (κ2) is 4.79. The molecule has 106 valence electrons. The number of fused-ring (bicyclic) bond motifs is 1. The van der Waals surface area contributed by atoms with E-state index in [1.54, 1.807) is 23.1 Å². The highest BCUT2D eigenvalue weighted by atomic mass is 16.5. The molecule has 0 aromatic heterocycles. The predicted octanol–water partition coefficient (Wildman–Crippen LogP) is 0.476. The van der Waals surface area contributed by atoms with Gasteiger partial charge in [0.1, 0.15) is 6.23 Å². The number of anilines is 1. The van der Waals surface area contributed by atoms with E-state index >= 15 is 0 Å². The van der Waals surface area contributed by atoms with E-state index in [1.165, 1.54) is 7.11 Å². The topological polar surface area (TPSA) is 84.7 Å². The van der Waals surface area contributed by atoms with Crippen molar-refractivity contribution in [3.8, 4) is 0 Å². The lowest BCUT2D eigenvalue weighted by atomic mass is 10.0. The first-order chi connectivity index (χ1) is 9.61. The average Bonchev–Trinajstić information content (AvgIpc) is 2.78. The molecule has 0 aliphatic carbocycles. The fourth-order valence-electron chi connectivity index (χ4n) is 2.94. The first kappa shape index (κ1) is 12.9. The number of hydrogen-bond acceptors (Lipinski definition) is 4. The van der Waals surface area contributed by atoms with E-state index in [0.29, 0.717) is 30.6 Å². The Labute approximate surface area is 116 Å². The van der Waals surface area contributed by atoms with E-state index in [0.717, 1.165) is 5.56 Å². The highest BCUT2D eigenvalue weighted by molar-refractivity contribution is 6.00. The molecule has 2 heterocycles. The van der Waals surface area contributed by atoms with Crippen LogP contribution < -0.4 is 11.1 Å². The Morgan fingerprint density at radius 3 is 2.90 bits per heavy atom. The molecule has 1 saturated heterocycles. The van der Waals surface area contributed by atoms with Crippen LogP contribution in [0.5, 0.6) is 0 Å². The molecule has 1 fully saturated rings. The van der Waals surface area contributed by atoms with Gasteiger partial charge in [-0.3, -0.25) is 9.59 Å². The van der Waals surface area contributed by atoms with Gasteiger partial charge in [-0.1, -0.05) is 6.07 Å². The van der Waals surface area contributed by atoms with Crippen molar-refractivity contribution in [3.05, 3.63) is 29.3 Å². The van der Waals surface area contributed by atoms with Crippen molar-refractivity contribution in [1.29, 1.82) is 0 Å². The van der Waals surface area contributed by atoms with Gasteiger partial charge in [0.15, 0.2) is 0 Å². The van der Waals surface area contributed by atoms with Crippen molar-refractivity contribution in [2.75, 3.05) is 12.8 Å². The normalized spacial score (nSPS) is 25.6. The molecular weight excluding hydrogens is 258 g/mol. The second-order valence-corrected chi connectivity index (χ2v) is 5.14. The van der Waals surface area contributed by atoms with Crippen LogP contribution in [-0.2, 0) is 16.1 Å². The maximum atomic E-state index is 12.5. The number of methoxy groups -OCH3 is 1. The number of nitrogen functional groups attached to an aromatic ring is 1. The van der Waals surface area contributed by atoms with Crippen molar-refractivity contribution < 1.29 is 14.3 Å². The van der Waals surface area contributed by atoms with Crippen molar-refractivity contribution in [3.63, 3.8) is 0 Å². The van der Waals surface area contributed by atoms with Crippen molar-refractivity contribution in [1.82, 2.24) is 10.2 Å². The molecule has 0 radical (unpaired) electrons. The van der Waals surface area contributed by atoms with Crippen LogP contribution in [0.15, 0.2) is 18.2 Å². The molecule has 6 heteroatoms. The molecule has 3 rings (SSSR count). The molecular formula is C14H17N3O3. The molecule has 3 N–H and O–H groups in total. The number of rotatable bonds is 2. The number of benzene rings is 1. The van der Waals surface area contributed by atoms with Crippen LogP contribution >= 0.6 is 0 Å². The zero-order valence-electron chi connectivity index (χ0n) is 11.3. The third-order valence-electron chi connectivity index (χ3n) is 4.01. The fourth-order valence-corrected chi connectivity index (χ4v) is 2.94. The fraction of sp³-hybridized carbons (Fsp3) is 0.429. The minimum Gasteiger partial charge on any atom is -0.398 e. The molecule has 2 aliphatic rings. The van der Waals surface area contributed by atoms with Gasteiger partial charge in [-0.25, -0.2) is 0 Å². The van der Waals surface area contributed by atoms with E-state index in [-0.39, 0.29) is 17.9 Å². The van der Waals surface area contributed by atoms with Crippen LogP contribution in [-0.4, -0.2) is 36.1 Å². The standard InChI is InChI=1S/C14H17N3O3/c1-20-13-11(5-6-12(18)16-13)17-7-9-8(14(17)19)3-2-4-10(9)15/h2-4,11,13H,5-7,15H2,1H3,(H,16,18). The zero-order chi connectivity index (χ0) is 14.3. The van der Waals surface area contributed by atoms with Crippen LogP contribution in [0.1, 0.15) is 28.8 Å². The van der Waals surface area contributed by atoms with Crippen LogP contribution in [0, 0.1) is 0 Å². The number of ether oxygens (including phenoxy) is 1. The minimum atomic E-state index is -0.462. The van der Waals surface area contributed by atoms with Gasteiger partial charge in [0, 0.05) is 36.9 Å². The largest absolute Gasteiger partial charge is 0.398 e. The summed E-state index contributed by atoms with van der Waals surface area (Å²) in [5, 5.41) is 2.77. The number of carbonyl (C=O) groups is 2. The molecule has 2 unspecified atom stereocenters. The maximum Gasteiger partial charge on any atom is 0.254 e. The number of nitrogens with zero attached hydrogens (tertiary/aromatic N) is 1. The Balaban J connectivity index is 1.88. The van der Waals surface area contributed by atoms with Crippen LogP contribution in [0.25, 0.3) is 0 Å². The summed E-state index contributed by atoms with van der Waals surface area (Å²) in [7, 11) is 1.53. The third kappa shape index (κ3) is 1.92. The number of nitrogens with one attached hydrogen (secondary N) is 1. The first-order valence-corrected chi connectivity index (χ1v) is 6.62. The SMILES string of the molecule is COC1NC(=O)CCC1N1Cc2c(N)cccc2C1=O. The highest BCUT2D eigenvalue weighted by Gasteiger charge is 2.40. The summed E-state index contributed by atoms with van der Waals surface area (Å²) in [6.07, 6.45) is 0.542. The quantitative estimate of drug-likeness (QED) is 0.769. The van der Waals surface area contributed by atoms with Crippen LogP contribution in [0.4, 0.5) is 5.69 Å². The molecule has 2 amide bonds. The van der Waals surface area contributed by atoms with Gasteiger partial charge < -0.3 is 20.7 Å². The van der Waals surface area contributed by atoms with Gasteiger partial charge in [-0.15, -0.1) is 0 Å². The summed E-state index contributed by atoms with van der Waals surface area (Å²) in [6, 6.07) is 5.21. The van der Waals surface area contributed by atoms with Gasteiger partial charge in [-0.05, 0) is 18.6 Å². The molecule has 0 saturated carbocycles. The summed E-state index contributed by atoms with van der Waals surface area (Å²) in [5.74, 6) is -0.0905. The predicted molar refractivity (Wildman–Crippen MR) is 72.7 cm³/mol. The first-order valence-electron chi connectivity index (χ1n) is 6.62. The Kier molecular flexibility index (Phi) is 3.10. The van der Waals surface area contributed by atoms with Gasteiger partial charge >= 0.3 is 0 Å². The monoisotopic (exact) mass is 275 g/mol. The lowest BCUT2D eigenvalue weighted by molar-refractivity contribution is -0.131.